The molecule has 3 heterocycles. The van der Waals surface area contributed by atoms with Gasteiger partial charge in [0.25, 0.3) is 0 Å². The van der Waals surface area contributed by atoms with Crippen molar-refractivity contribution in [3.05, 3.63) is 6.07 Å². The van der Waals surface area contributed by atoms with Crippen LogP contribution in [0.3, 0.4) is 0 Å². The fourth-order valence-corrected chi connectivity index (χ4v) is 4.59. The highest BCUT2D eigenvalue weighted by atomic mass is 16.2. The standard InChI is InChI=1S/C21H38N8O/c1-7-16(2)29(13-12-28-15-20(3,4)25-21(5,6)19(28)30)18-14-17(23-26-24-18)27-10-8-22-9-11-27/h14,16,22,25H,7-13,15H2,1-6H3/p+1. The van der Waals surface area contributed by atoms with Crippen molar-refractivity contribution in [2.24, 2.45) is 0 Å². The van der Waals surface area contributed by atoms with E-state index in [9.17, 15) is 4.79 Å². The van der Waals surface area contributed by atoms with Crippen LogP contribution in [0.2, 0.25) is 0 Å². The molecule has 0 bridgehead atoms. The molecule has 2 fully saturated rings. The summed E-state index contributed by atoms with van der Waals surface area (Å²) >= 11 is 0. The van der Waals surface area contributed by atoms with E-state index in [1.807, 2.05) is 18.7 Å². The molecule has 168 valence electrons. The van der Waals surface area contributed by atoms with E-state index >= 15 is 0 Å². The molecule has 0 spiro atoms. The number of aromatic nitrogens is 3. The van der Waals surface area contributed by atoms with Crippen molar-refractivity contribution < 1.29 is 9.89 Å². The van der Waals surface area contributed by atoms with E-state index in [-0.39, 0.29) is 11.4 Å². The molecule has 9 nitrogen and oxygen atoms in total. The molecule has 1 amide bonds. The second-order valence-electron chi connectivity index (χ2n) is 9.75. The quantitative estimate of drug-likeness (QED) is 0.657. The summed E-state index contributed by atoms with van der Waals surface area (Å²) in [6.07, 6.45) is 0.996. The largest absolute Gasteiger partial charge is 0.338 e. The van der Waals surface area contributed by atoms with E-state index in [1.54, 1.807) is 0 Å². The molecule has 2 aliphatic heterocycles. The Labute approximate surface area is 180 Å². The molecule has 1 aromatic heterocycles. The Bertz CT molecular complexity index is 731. The van der Waals surface area contributed by atoms with Crippen molar-refractivity contribution in [2.75, 3.05) is 55.6 Å². The lowest BCUT2D eigenvalue weighted by atomic mass is 9.90. The minimum atomic E-state index is -0.556. The summed E-state index contributed by atoms with van der Waals surface area (Å²) in [7, 11) is 0. The predicted molar refractivity (Wildman–Crippen MR) is 119 cm³/mol. The minimum absolute atomic E-state index is 0.115. The highest BCUT2D eigenvalue weighted by molar-refractivity contribution is 5.86. The molecular formula is C21H39N8O+. The molecule has 0 radical (unpaired) electrons. The molecule has 0 aromatic carbocycles. The van der Waals surface area contributed by atoms with Gasteiger partial charge in [-0.15, -0.1) is 0 Å². The molecule has 2 aliphatic rings. The van der Waals surface area contributed by atoms with Crippen molar-refractivity contribution in [2.45, 2.75) is 65.1 Å². The Balaban J connectivity index is 1.76. The topological polar surface area (TPSA) is 90.8 Å². The number of hydrogen-bond donors (Lipinski definition) is 2. The SMILES string of the molecule is CCC(C)N(CCN1CC(C)(C)NC(C)(C)C1=O)c1cc(N2CCNCC2)[nH+]nn1. The van der Waals surface area contributed by atoms with Crippen molar-refractivity contribution in [3.8, 4) is 0 Å². The molecule has 2 saturated heterocycles. The molecule has 1 unspecified atom stereocenters. The minimum Gasteiger partial charge on any atom is -0.338 e. The first-order valence-electron chi connectivity index (χ1n) is 11.2. The molecule has 1 atom stereocenters. The van der Waals surface area contributed by atoms with Crippen molar-refractivity contribution in [1.29, 1.82) is 0 Å². The highest BCUT2D eigenvalue weighted by Crippen LogP contribution is 2.23. The zero-order valence-electron chi connectivity index (χ0n) is 19.5. The number of carbonyl (C=O) groups is 1. The Morgan fingerprint density at radius 1 is 1.27 bits per heavy atom. The molecule has 0 saturated carbocycles. The van der Waals surface area contributed by atoms with Gasteiger partial charge in [0.15, 0.2) is 0 Å². The van der Waals surface area contributed by atoms with Crippen LogP contribution in [0.25, 0.3) is 0 Å². The number of hydrogen-bond acceptors (Lipinski definition) is 7. The number of amides is 1. The van der Waals surface area contributed by atoms with Gasteiger partial charge in [0, 0.05) is 49.4 Å². The summed E-state index contributed by atoms with van der Waals surface area (Å²) in [5.41, 5.74) is -0.671. The molecule has 1 aromatic rings. The maximum Gasteiger partial charge on any atom is 0.245 e. The van der Waals surface area contributed by atoms with Gasteiger partial charge in [-0.1, -0.05) is 6.92 Å². The van der Waals surface area contributed by atoms with Crippen LogP contribution < -0.4 is 25.5 Å². The smallest absolute Gasteiger partial charge is 0.245 e. The average molecular weight is 420 g/mol. The van der Waals surface area contributed by atoms with Gasteiger partial charge >= 0.3 is 0 Å². The van der Waals surface area contributed by atoms with E-state index in [0.29, 0.717) is 19.1 Å². The van der Waals surface area contributed by atoms with E-state index in [2.05, 4.69) is 69.6 Å². The van der Waals surface area contributed by atoms with Crippen molar-refractivity contribution >= 4 is 17.5 Å². The summed E-state index contributed by atoms with van der Waals surface area (Å²) < 4.78 is 0. The van der Waals surface area contributed by atoms with Gasteiger partial charge in [-0.05, 0) is 41.0 Å². The summed E-state index contributed by atoms with van der Waals surface area (Å²) in [6.45, 7) is 18.6. The lowest BCUT2D eigenvalue weighted by Crippen LogP contribution is -2.70. The van der Waals surface area contributed by atoms with E-state index < -0.39 is 5.54 Å². The summed E-state index contributed by atoms with van der Waals surface area (Å²) in [5, 5.41) is 18.5. The van der Waals surface area contributed by atoms with Crippen LogP contribution >= 0.6 is 0 Å². The van der Waals surface area contributed by atoms with Crippen molar-refractivity contribution in [1.82, 2.24) is 25.8 Å². The monoisotopic (exact) mass is 419 g/mol. The molecule has 30 heavy (non-hydrogen) atoms. The zero-order chi connectivity index (χ0) is 21.9. The van der Waals surface area contributed by atoms with Crippen LogP contribution in [-0.2, 0) is 4.79 Å². The maximum absolute atomic E-state index is 13.0. The maximum atomic E-state index is 13.0. The van der Waals surface area contributed by atoms with Gasteiger partial charge in [-0.2, -0.15) is 5.10 Å². The molecule has 3 N–H and O–H groups in total. The normalized spacial score (nSPS) is 22.1. The number of nitrogens with zero attached hydrogens (tertiary/aromatic N) is 5. The van der Waals surface area contributed by atoms with Crippen LogP contribution in [0.15, 0.2) is 6.07 Å². The molecule has 3 rings (SSSR count). The Kier molecular flexibility index (Phi) is 6.81. The summed E-state index contributed by atoms with van der Waals surface area (Å²) in [5.74, 6) is 2.01. The van der Waals surface area contributed by atoms with E-state index in [1.165, 1.54) is 0 Å². The van der Waals surface area contributed by atoms with Gasteiger partial charge in [0.2, 0.25) is 17.5 Å². The third-order valence-corrected chi connectivity index (χ3v) is 6.13. The Hall–Kier alpha value is -2.00. The Morgan fingerprint density at radius 3 is 2.63 bits per heavy atom. The zero-order valence-corrected chi connectivity index (χ0v) is 19.5. The molecule has 0 aliphatic carbocycles. The van der Waals surface area contributed by atoms with Gasteiger partial charge in [0.05, 0.1) is 29.9 Å². The first-order chi connectivity index (χ1) is 14.1. The van der Waals surface area contributed by atoms with E-state index in [4.69, 9.17) is 0 Å². The number of piperazine rings is 2. The number of carbonyl (C=O) groups excluding carboxylic acids is 1. The number of nitrogens with one attached hydrogen (secondary N) is 3. The lowest BCUT2D eigenvalue weighted by molar-refractivity contribution is -0.450. The lowest BCUT2D eigenvalue weighted by Gasteiger charge is -2.47. The highest BCUT2D eigenvalue weighted by Gasteiger charge is 2.43. The second-order valence-corrected chi connectivity index (χ2v) is 9.75. The van der Waals surface area contributed by atoms with Crippen LogP contribution in [0.5, 0.6) is 0 Å². The van der Waals surface area contributed by atoms with Crippen LogP contribution in [0.1, 0.15) is 48.0 Å². The second kappa shape index (κ2) is 9.01. The number of rotatable bonds is 7. The predicted octanol–water partition coefficient (Wildman–Crippen LogP) is 0.294. The van der Waals surface area contributed by atoms with Gasteiger partial charge in [-0.25, -0.2) is 0 Å². The number of anilines is 2. The van der Waals surface area contributed by atoms with Gasteiger partial charge in [0.1, 0.15) is 0 Å². The number of H-pyrrole nitrogens is 1. The average Bonchev–Trinajstić information content (AvgIpc) is 2.71. The van der Waals surface area contributed by atoms with Crippen LogP contribution in [0.4, 0.5) is 11.6 Å². The third-order valence-electron chi connectivity index (χ3n) is 6.13. The molecular weight excluding hydrogens is 380 g/mol. The summed E-state index contributed by atoms with van der Waals surface area (Å²) in [6, 6.07) is 2.40. The first-order valence-corrected chi connectivity index (χ1v) is 11.2. The van der Waals surface area contributed by atoms with Crippen molar-refractivity contribution in [3.63, 3.8) is 0 Å². The third kappa shape index (κ3) is 5.18. The van der Waals surface area contributed by atoms with Crippen LogP contribution in [0, 0.1) is 0 Å². The fourth-order valence-electron chi connectivity index (χ4n) is 4.59. The number of aromatic amines is 1. The fraction of sp³-hybridized carbons (Fsp3) is 0.810. The van der Waals surface area contributed by atoms with E-state index in [0.717, 1.165) is 50.8 Å². The molecule has 9 heteroatoms. The summed E-state index contributed by atoms with van der Waals surface area (Å²) in [4.78, 5) is 19.6. The Morgan fingerprint density at radius 2 is 1.97 bits per heavy atom. The van der Waals surface area contributed by atoms with Gasteiger partial charge < -0.3 is 15.1 Å². The van der Waals surface area contributed by atoms with Gasteiger partial charge in [-0.3, -0.25) is 15.0 Å². The first kappa shape index (κ1) is 22.7. The van der Waals surface area contributed by atoms with Crippen LogP contribution in [-0.4, -0.2) is 84.1 Å².